The van der Waals surface area contributed by atoms with Crippen molar-refractivity contribution in [1.82, 2.24) is 0 Å². The second-order valence-electron chi connectivity index (χ2n) is 4.69. The molecule has 0 aromatic carbocycles. The predicted octanol–water partition coefficient (Wildman–Crippen LogP) is 3.82. The Kier molecular flexibility index (Phi) is 3.98. The van der Waals surface area contributed by atoms with Crippen molar-refractivity contribution in [3.05, 3.63) is 21.6 Å². The third kappa shape index (κ3) is 2.97. The van der Waals surface area contributed by atoms with E-state index < -0.39 is 28.5 Å². The van der Waals surface area contributed by atoms with Crippen molar-refractivity contribution in [3.63, 3.8) is 0 Å². The summed E-state index contributed by atoms with van der Waals surface area (Å²) in [6, 6.07) is 0. The topological polar surface area (TPSA) is 65.8 Å². The van der Waals surface area contributed by atoms with Crippen LogP contribution in [0.4, 0.5) is 13.2 Å². The van der Waals surface area contributed by atoms with Crippen LogP contribution in [0.1, 0.15) is 13.8 Å². The summed E-state index contributed by atoms with van der Waals surface area (Å²) in [5, 5.41) is 1.89. The molecule has 8 heteroatoms. The minimum Gasteiger partial charge on any atom is -0.299 e. The first-order valence-electron chi connectivity index (χ1n) is 5.10. The summed E-state index contributed by atoms with van der Waals surface area (Å²) >= 11 is 5.14. The Morgan fingerprint density at radius 1 is 1.56 bits per heavy atom. The van der Waals surface area contributed by atoms with E-state index in [4.69, 9.17) is 17.1 Å². The molecule has 1 aliphatic carbocycles. The van der Waals surface area contributed by atoms with Gasteiger partial charge in [0.15, 0.2) is 0 Å². The fraction of sp³-hybridized carbons (Fsp3) is 0.700. The maximum atomic E-state index is 12.3. The maximum absolute atomic E-state index is 12.3. The molecule has 0 spiro atoms. The van der Waals surface area contributed by atoms with Gasteiger partial charge >= 0.3 is 6.18 Å². The van der Waals surface area contributed by atoms with Crippen LogP contribution in [-0.2, 0) is 4.79 Å². The summed E-state index contributed by atoms with van der Waals surface area (Å²) in [6.45, 7) is 3.00. The normalized spacial score (nSPS) is 26.4. The number of carbonyl (C=O) groups is 1. The maximum Gasteiger partial charge on any atom is 0.426 e. The van der Waals surface area contributed by atoms with Crippen molar-refractivity contribution in [1.29, 1.82) is 0 Å². The fourth-order valence-electron chi connectivity index (χ4n) is 2.06. The van der Waals surface area contributed by atoms with Crippen LogP contribution in [0.15, 0.2) is 16.2 Å². The van der Waals surface area contributed by atoms with Crippen LogP contribution in [0.2, 0.25) is 0 Å². The number of halogens is 4. The van der Waals surface area contributed by atoms with E-state index in [1.54, 1.807) is 13.8 Å². The fourth-order valence-corrected chi connectivity index (χ4v) is 2.19. The molecule has 1 saturated carbocycles. The van der Waals surface area contributed by atoms with Gasteiger partial charge in [-0.25, -0.2) is 0 Å². The van der Waals surface area contributed by atoms with Gasteiger partial charge < -0.3 is 0 Å². The van der Waals surface area contributed by atoms with Gasteiger partial charge in [0.05, 0.1) is 6.54 Å². The average molecular weight is 282 g/mol. The average Bonchev–Trinajstić information content (AvgIpc) is 2.75. The standard InChI is InChI=1S/C10H11ClF3N3O/c1-9(2)5(3-7(11)10(12,13)14)8(9)6(18)4-16-17-15/h3,5,8H,4H2,1-2H3/b7-3+/t5-,8-/m0/s1. The van der Waals surface area contributed by atoms with E-state index in [0.29, 0.717) is 0 Å². The monoisotopic (exact) mass is 281 g/mol. The summed E-state index contributed by atoms with van der Waals surface area (Å²) in [5.74, 6) is -1.53. The summed E-state index contributed by atoms with van der Waals surface area (Å²) in [6.07, 6.45) is -3.74. The molecule has 2 atom stereocenters. The Labute approximate surface area is 106 Å². The number of hydrogen-bond donors (Lipinski definition) is 0. The molecule has 0 amide bonds. The van der Waals surface area contributed by atoms with Crippen LogP contribution < -0.4 is 0 Å². The smallest absolute Gasteiger partial charge is 0.299 e. The molecule has 0 saturated heterocycles. The molecule has 0 aliphatic heterocycles. The molecule has 0 bridgehead atoms. The van der Waals surface area contributed by atoms with Gasteiger partial charge in [-0.05, 0) is 16.9 Å². The van der Waals surface area contributed by atoms with Gasteiger partial charge in [-0.3, -0.25) is 4.79 Å². The second-order valence-corrected chi connectivity index (χ2v) is 5.10. The highest BCUT2D eigenvalue weighted by molar-refractivity contribution is 6.30. The molecule has 100 valence electrons. The molecule has 1 fully saturated rings. The Morgan fingerprint density at radius 3 is 2.56 bits per heavy atom. The molecule has 1 rings (SSSR count). The first kappa shape index (κ1) is 14.9. The number of hydrogen-bond acceptors (Lipinski definition) is 2. The van der Waals surface area contributed by atoms with Crippen molar-refractivity contribution in [3.8, 4) is 0 Å². The van der Waals surface area contributed by atoms with Crippen LogP contribution >= 0.6 is 11.6 Å². The lowest BCUT2D eigenvalue weighted by Gasteiger charge is -2.04. The van der Waals surface area contributed by atoms with Crippen molar-refractivity contribution in [2.24, 2.45) is 22.4 Å². The molecule has 0 N–H and O–H groups in total. The second kappa shape index (κ2) is 4.82. The first-order chi connectivity index (χ1) is 8.12. The highest BCUT2D eigenvalue weighted by Crippen LogP contribution is 2.60. The number of nitrogens with zero attached hydrogens (tertiary/aromatic N) is 3. The SMILES string of the molecule is CC1(C)[C@H](C(=O)CN=[N+]=[N-])[C@@H]1/C=C(/Cl)C(F)(F)F. The summed E-state index contributed by atoms with van der Waals surface area (Å²) in [4.78, 5) is 14.0. The van der Waals surface area contributed by atoms with E-state index in [1.807, 2.05) is 0 Å². The molecule has 18 heavy (non-hydrogen) atoms. The third-order valence-corrected chi connectivity index (χ3v) is 3.48. The van der Waals surface area contributed by atoms with Crippen molar-refractivity contribution in [2.45, 2.75) is 20.0 Å². The zero-order chi connectivity index (χ0) is 14.1. The van der Waals surface area contributed by atoms with Gasteiger partial charge in [-0.2, -0.15) is 13.2 Å². The molecule has 0 heterocycles. The Morgan fingerprint density at radius 2 is 2.11 bits per heavy atom. The van der Waals surface area contributed by atoms with Gasteiger partial charge in [-0.1, -0.05) is 36.6 Å². The van der Waals surface area contributed by atoms with Crippen LogP contribution in [-0.4, -0.2) is 18.5 Å². The number of ketones is 1. The van der Waals surface area contributed by atoms with E-state index in [2.05, 4.69) is 10.0 Å². The zero-order valence-electron chi connectivity index (χ0n) is 9.70. The highest BCUT2D eigenvalue weighted by Gasteiger charge is 2.60. The number of azide groups is 1. The van der Waals surface area contributed by atoms with E-state index >= 15 is 0 Å². The summed E-state index contributed by atoms with van der Waals surface area (Å²) in [5.41, 5.74) is 7.50. The van der Waals surface area contributed by atoms with Gasteiger partial charge in [0.25, 0.3) is 0 Å². The van der Waals surface area contributed by atoms with Crippen molar-refractivity contribution in [2.75, 3.05) is 6.54 Å². The minimum absolute atomic E-state index is 0.349. The molecule has 0 radical (unpaired) electrons. The molecule has 0 aromatic rings. The lowest BCUT2D eigenvalue weighted by Crippen LogP contribution is -2.09. The first-order valence-corrected chi connectivity index (χ1v) is 5.48. The van der Waals surface area contributed by atoms with Crippen LogP contribution in [0.3, 0.4) is 0 Å². The minimum atomic E-state index is -4.60. The van der Waals surface area contributed by atoms with Gasteiger partial charge in [0.2, 0.25) is 0 Å². The van der Waals surface area contributed by atoms with Gasteiger partial charge in [0, 0.05) is 10.8 Å². The van der Waals surface area contributed by atoms with E-state index in [-0.39, 0.29) is 12.3 Å². The molecule has 0 aromatic heterocycles. The summed E-state index contributed by atoms with van der Waals surface area (Å²) in [7, 11) is 0. The highest BCUT2D eigenvalue weighted by atomic mass is 35.5. The van der Waals surface area contributed by atoms with Gasteiger partial charge in [-0.15, -0.1) is 0 Å². The predicted molar refractivity (Wildman–Crippen MR) is 59.8 cm³/mol. The van der Waals surface area contributed by atoms with E-state index in [1.165, 1.54) is 0 Å². The molecular formula is C10H11ClF3N3O. The van der Waals surface area contributed by atoms with E-state index in [9.17, 15) is 18.0 Å². The number of alkyl halides is 3. The number of rotatable bonds is 4. The lowest BCUT2D eigenvalue weighted by atomic mass is 10.1. The largest absolute Gasteiger partial charge is 0.426 e. The Bertz CT molecular complexity index is 438. The zero-order valence-corrected chi connectivity index (χ0v) is 10.5. The van der Waals surface area contributed by atoms with Crippen molar-refractivity contribution >= 4 is 17.4 Å². The molecule has 4 nitrogen and oxygen atoms in total. The van der Waals surface area contributed by atoms with Crippen LogP contribution in [0, 0.1) is 17.3 Å². The molecular weight excluding hydrogens is 271 g/mol. The van der Waals surface area contributed by atoms with Crippen molar-refractivity contribution < 1.29 is 18.0 Å². The van der Waals surface area contributed by atoms with E-state index in [0.717, 1.165) is 6.08 Å². The van der Waals surface area contributed by atoms with Gasteiger partial charge in [0.1, 0.15) is 10.8 Å². The number of Topliss-reactive ketones (excluding diaryl/α,β-unsaturated/α-hetero) is 1. The molecule has 0 unspecified atom stereocenters. The number of allylic oxidation sites excluding steroid dienone is 2. The quantitative estimate of drug-likeness (QED) is 0.439. The lowest BCUT2D eigenvalue weighted by molar-refractivity contribution is -0.119. The Hall–Kier alpha value is -1.20. The van der Waals surface area contributed by atoms with Crippen LogP contribution in [0.5, 0.6) is 0 Å². The molecule has 1 aliphatic rings. The van der Waals surface area contributed by atoms with Crippen LogP contribution in [0.25, 0.3) is 10.4 Å². The number of carbonyl (C=O) groups excluding carboxylic acids is 1. The summed E-state index contributed by atoms with van der Waals surface area (Å²) < 4.78 is 36.8. The third-order valence-electron chi connectivity index (χ3n) is 3.14. The Balaban J connectivity index is 2.82.